The first kappa shape index (κ1) is 135. The van der Waals surface area contributed by atoms with Crippen molar-refractivity contribution < 1.29 is 118 Å². The van der Waals surface area contributed by atoms with Crippen LogP contribution in [-0.4, -0.2) is 215 Å². The summed E-state index contributed by atoms with van der Waals surface area (Å²) in [6.07, 6.45) is 83.6. The number of hydrogen-bond acceptors (Lipinski definition) is 24. The number of nitrogens with zero attached hydrogens (tertiary/aromatic N) is 1. The molecule has 12 unspecified atom stereocenters. The highest BCUT2D eigenvalue weighted by molar-refractivity contribution is 7.84. The third-order valence-corrected chi connectivity index (χ3v) is 29.5. The second kappa shape index (κ2) is 83.4. The lowest BCUT2D eigenvalue weighted by Crippen LogP contribution is -2.41. The van der Waals surface area contributed by atoms with Crippen LogP contribution >= 0.6 is 0 Å². The van der Waals surface area contributed by atoms with E-state index in [-0.39, 0.29) is 60.1 Å². The van der Waals surface area contributed by atoms with Gasteiger partial charge in [-0.05, 0) is 237 Å². The molecule has 0 aromatic heterocycles. The van der Waals surface area contributed by atoms with Crippen molar-refractivity contribution in [3.63, 3.8) is 0 Å². The lowest BCUT2D eigenvalue weighted by Gasteiger charge is -2.30. The zero-order valence-corrected chi connectivity index (χ0v) is 94.8. The van der Waals surface area contributed by atoms with Gasteiger partial charge in [-0.15, -0.1) is 0 Å². The zero-order chi connectivity index (χ0) is 110. The van der Waals surface area contributed by atoms with Gasteiger partial charge in [0, 0.05) is 75.9 Å². The summed E-state index contributed by atoms with van der Waals surface area (Å²) < 4.78 is 83.0. The van der Waals surface area contributed by atoms with Crippen LogP contribution in [0.3, 0.4) is 0 Å². The van der Waals surface area contributed by atoms with E-state index in [1.807, 2.05) is 24.3 Å². The van der Waals surface area contributed by atoms with Gasteiger partial charge in [0.2, 0.25) is 5.91 Å². The van der Waals surface area contributed by atoms with E-state index < -0.39 is 45.6 Å². The normalized spacial score (nSPS) is 21.8. The Morgan fingerprint density at radius 2 is 0.899 bits per heavy atom. The molecule has 27 heteroatoms. The van der Waals surface area contributed by atoms with Gasteiger partial charge in [0.1, 0.15) is 25.9 Å². The summed E-state index contributed by atoms with van der Waals surface area (Å²) in [5.74, 6) is 4.93. The highest BCUT2D eigenvalue weighted by Crippen LogP contribution is 2.57. The first-order chi connectivity index (χ1) is 71.7. The number of hydrogen-bond donors (Lipinski definition) is 1. The molecule has 12 rings (SSSR count). The maximum absolute atomic E-state index is 12.3. The summed E-state index contributed by atoms with van der Waals surface area (Å²) in [7, 11) is 3.87. The number of ether oxygens (including phenoxy) is 11. The molecule has 11 aliphatic rings. The van der Waals surface area contributed by atoms with Crippen molar-refractivity contribution in [2.75, 3.05) is 114 Å². The molecule has 1 aromatic rings. The lowest BCUT2D eigenvalue weighted by molar-refractivity contribution is -0.890. The van der Waals surface area contributed by atoms with Gasteiger partial charge in [-0.1, -0.05) is 282 Å². The van der Waals surface area contributed by atoms with Gasteiger partial charge >= 0.3 is 35.8 Å². The molecule has 4 saturated carbocycles. The molecule has 846 valence electrons. The van der Waals surface area contributed by atoms with Crippen LogP contribution in [0, 0.1) is 47.3 Å². The number of piperidine rings is 1. The Bertz CT molecular complexity index is 4150. The number of methoxy groups -OCH3 is 2. The molecule has 4 saturated heterocycles. The Kier molecular flexibility index (Phi) is 75.5. The summed E-state index contributed by atoms with van der Waals surface area (Å²) in [4.78, 5) is 112. The van der Waals surface area contributed by atoms with Crippen molar-refractivity contribution in [2.24, 2.45) is 47.3 Å². The van der Waals surface area contributed by atoms with Crippen LogP contribution in [0.5, 0.6) is 0 Å². The molecule has 12 atom stereocenters. The molecular weight excluding hydrogens is 1910 g/mol. The number of imide groups is 1. The fraction of sp³-hybridized carbons (Fsp3) is 0.721. The smallest absolute Gasteiger partial charge is 0.333 e. The van der Waals surface area contributed by atoms with Crippen molar-refractivity contribution in [3.05, 3.63) is 134 Å². The molecule has 0 spiro atoms. The third-order valence-electron chi connectivity index (χ3n) is 29.5. The predicted molar refractivity (Wildman–Crippen MR) is 593 cm³/mol. The van der Waals surface area contributed by atoms with Gasteiger partial charge in [-0.25, -0.2) is 32.4 Å². The van der Waals surface area contributed by atoms with Gasteiger partial charge < -0.3 is 61.1 Å². The number of Topliss-reactive ketones (excluding diaryl/α,β-unsaturated/α-hetero) is 2. The summed E-state index contributed by atoms with van der Waals surface area (Å²) in [5.41, 5.74) is 4.19. The second-order valence-electron chi connectivity index (χ2n) is 42.3. The standard InChI is InChI=1S/C38H80N.C19H17NO4.C14H22O5.C12H20O4.2C10H14.C8H12O3.C6H10O3.C4H6O2.CH4O3S/c1-5-7-9-11-13-15-17-19-21-23-25-27-29-31-33-35-37-39(3,4)38-36-34-32-30-28-26-24-22-20-18-16-14-12-10-8-6-2;1-3-15(21)10(2)13-8-14(12-7-5-4-6-11(12)13)18-16(22)9-17(23)20-19(18)24;1-2-13(15)18-9-5-3-4-8-14(16)19-11-12-7-6-10-17-12;1-9(2)12(13)16-10(3)7-14-8-11-5-4-6-15-11;2*1-2-9-7-4-5-8(6-7)10(9)3-1;1-2-8(9)11-6-7-4-3-5-10-7;1-3-6(7)9-5-4-8-2;1-3-4(5)6-2;1-5(2,3)4/h5-38H2,1-4H3;4-7H,3,8-9H2,1-2H3,(H,20,23,24);2,12H,1,3-11H2;10-11H,1,4-8H2,2-3H3;2*1-2,7-10H,3-6H2;2,7H,1,3-6H2;3H,1,4-5H2,2H3;3H,1H2,2H3;1H3,(H,2,3,4)/q+1;;;;;;;;;/p-1/b;13-10-,18-14-;;;;;;;;. The molecule has 8 fully saturated rings. The molecule has 7 aliphatic carbocycles. The molecule has 0 radical (unpaired) electrons. The van der Waals surface area contributed by atoms with Crippen molar-refractivity contribution in [1.29, 1.82) is 0 Å². The fourth-order valence-corrected chi connectivity index (χ4v) is 21.2. The van der Waals surface area contributed by atoms with Gasteiger partial charge in [0.05, 0.1) is 101 Å². The molecule has 2 amide bonds. The predicted octanol–water partition coefficient (Wildman–Crippen LogP) is 25.5. The van der Waals surface area contributed by atoms with Crippen molar-refractivity contribution in [1.82, 2.24) is 5.32 Å². The SMILES string of the molecule is C1=CC2C3CCC(C3)C2C1.C1=CC2C3CCC(C3)C2C1.C=C(C)C(=O)OC(C)COCC1CCCO1.C=CC(=O)OC.C=CC(=O)OCC1CCCO1.C=CC(=O)OCCCCCC(=O)OCC1CCCO1.C=CC(=O)OCCOC.CCC(=O)/C(C)=C1/C/C(=C2\C(=O)CC(=O)NC2=O)c2ccccc21.CCCCCCCCCCCCCCCCCC[N+](C)(C)CCCCCCCCCCCCCCCCCC.CS(=O)(=O)[O-]. The number of benzene rings is 1. The van der Waals surface area contributed by atoms with E-state index in [0.29, 0.717) is 88.5 Å². The van der Waals surface area contributed by atoms with Crippen molar-refractivity contribution in [2.45, 2.75) is 406 Å². The molecule has 1 N–H and O–H groups in total. The van der Waals surface area contributed by atoms with Gasteiger partial charge in [0.15, 0.2) is 11.6 Å². The number of esters is 6. The van der Waals surface area contributed by atoms with Crippen LogP contribution in [-0.2, 0) is 110 Å². The van der Waals surface area contributed by atoms with E-state index in [1.165, 1.54) is 256 Å². The Hall–Kier alpha value is -8.15. The van der Waals surface area contributed by atoms with Crippen LogP contribution in [0.25, 0.3) is 11.1 Å². The zero-order valence-electron chi connectivity index (χ0n) is 94.0. The monoisotopic (exact) mass is 2110 g/mol. The van der Waals surface area contributed by atoms with E-state index in [2.05, 4.69) is 105 Å². The topological polar surface area (TPSA) is 341 Å². The minimum absolute atomic E-state index is 0.0359. The van der Waals surface area contributed by atoms with E-state index in [1.54, 1.807) is 60.5 Å². The number of nitrogens with one attached hydrogen (secondary N) is 1. The number of quaternary nitrogens is 1. The van der Waals surface area contributed by atoms with E-state index in [4.69, 9.17) is 50.9 Å². The summed E-state index contributed by atoms with van der Waals surface area (Å²) >= 11 is 0. The molecule has 4 bridgehead atoms. The number of rotatable bonds is 59. The van der Waals surface area contributed by atoms with Gasteiger partial charge in [-0.2, -0.15) is 0 Å². The first-order valence-electron chi connectivity index (χ1n) is 57.2. The largest absolute Gasteiger partial charge is 0.748 e. The molecular formula is C122H198N2O24S. The summed E-state index contributed by atoms with van der Waals surface area (Å²) in [6.45, 7) is 36.1. The summed E-state index contributed by atoms with van der Waals surface area (Å²) in [6, 6.07) is 7.42. The van der Waals surface area contributed by atoms with Crippen LogP contribution in [0.2, 0.25) is 0 Å². The Morgan fingerprint density at radius 3 is 1.28 bits per heavy atom. The molecule has 26 nitrogen and oxygen atoms in total. The Balaban J connectivity index is 0.000000450. The fourth-order valence-electron chi connectivity index (χ4n) is 21.2. The van der Waals surface area contributed by atoms with Crippen LogP contribution in [0.4, 0.5) is 0 Å². The van der Waals surface area contributed by atoms with E-state index >= 15 is 0 Å². The van der Waals surface area contributed by atoms with Crippen LogP contribution in [0.1, 0.15) is 393 Å². The quantitative estimate of drug-likeness (QED) is 0.00605. The number of ketones is 2. The molecule has 4 heterocycles. The van der Waals surface area contributed by atoms with Gasteiger partial charge in [-0.3, -0.25) is 29.3 Å². The Labute approximate surface area is 899 Å². The third kappa shape index (κ3) is 62.7. The number of amides is 2. The number of fused-ring (bicyclic) bond motifs is 11. The highest BCUT2D eigenvalue weighted by Gasteiger charge is 2.48. The van der Waals surface area contributed by atoms with Crippen molar-refractivity contribution in [3.8, 4) is 0 Å². The maximum atomic E-state index is 12.3. The number of unbranched alkanes of at least 4 members (excludes halogenated alkanes) is 32. The van der Waals surface area contributed by atoms with Crippen molar-refractivity contribution >= 4 is 80.5 Å². The minimum atomic E-state index is -3.92. The molecule has 1 aromatic carbocycles. The number of carbonyl (C=O) groups is 10. The summed E-state index contributed by atoms with van der Waals surface area (Å²) in [5, 5.41) is 2.21. The first-order valence-corrected chi connectivity index (χ1v) is 59.0. The van der Waals surface area contributed by atoms with E-state index in [0.717, 1.165) is 166 Å². The average Bonchev–Trinajstić information content (AvgIpc) is 1.63. The van der Waals surface area contributed by atoms with Crippen LogP contribution < -0.4 is 5.32 Å². The van der Waals surface area contributed by atoms with Crippen LogP contribution in [0.15, 0.2) is 122 Å². The number of allylic oxidation sites excluding steroid dienone is 7. The number of carbonyl (C=O) groups excluding carboxylic acids is 10. The Morgan fingerprint density at radius 1 is 0.503 bits per heavy atom. The lowest BCUT2D eigenvalue weighted by atomic mass is 9.82. The van der Waals surface area contributed by atoms with E-state index in [9.17, 15) is 47.9 Å². The average molecular weight is 2110 g/mol. The highest BCUT2D eigenvalue weighted by atomic mass is 32.2. The maximum Gasteiger partial charge on any atom is 0.333 e. The van der Waals surface area contributed by atoms with Gasteiger partial charge in [0.25, 0.3) is 5.91 Å². The molecule has 4 aliphatic heterocycles. The second-order valence-corrected chi connectivity index (χ2v) is 43.7. The molecule has 149 heavy (non-hydrogen) atoms. The minimum Gasteiger partial charge on any atom is -0.748 e.